The topological polar surface area (TPSA) is 47.2 Å². The summed E-state index contributed by atoms with van der Waals surface area (Å²) in [5.74, 6) is 0.402. The highest BCUT2D eigenvalue weighted by atomic mass is 16.2. The first kappa shape index (κ1) is 18.2. The Balaban J connectivity index is 2.40. The van der Waals surface area contributed by atoms with Crippen molar-refractivity contribution in [3.05, 3.63) is 68.0 Å². The van der Waals surface area contributed by atoms with Gasteiger partial charge in [0.25, 0.3) is 5.56 Å². The van der Waals surface area contributed by atoms with E-state index >= 15 is 0 Å². The molecule has 0 unspecified atom stereocenters. The van der Waals surface area contributed by atoms with Crippen molar-refractivity contribution in [2.45, 2.75) is 33.4 Å². The fourth-order valence-electron chi connectivity index (χ4n) is 3.31. The van der Waals surface area contributed by atoms with Crippen LogP contribution in [0.4, 0.5) is 0 Å². The van der Waals surface area contributed by atoms with E-state index in [2.05, 4.69) is 43.9 Å². The van der Waals surface area contributed by atoms with E-state index in [0.717, 1.165) is 10.3 Å². The van der Waals surface area contributed by atoms with E-state index in [1.165, 1.54) is 18.2 Å². The highest BCUT2D eigenvalue weighted by molar-refractivity contribution is 5.29. The van der Waals surface area contributed by atoms with Crippen LogP contribution in [0.5, 0.6) is 0 Å². The Morgan fingerprint density at radius 3 is 2.29 bits per heavy atom. The first-order valence-electron chi connectivity index (χ1n) is 8.25. The van der Waals surface area contributed by atoms with Gasteiger partial charge in [0.1, 0.15) is 0 Å². The number of aromatic nitrogens is 2. The van der Waals surface area contributed by atoms with Crippen LogP contribution < -0.4 is 11.2 Å². The fraction of sp³-hybridized carbons (Fsp3) is 0.474. The van der Waals surface area contributed by atoms with Crippen molar-refractivity contribution in [2.75, 3.05) is 7.05 Å². The summed E-state index contributed by atoms with van der Waals surface area (Å²) in [5.41, 5.74) is 2.70. The molecule has 1 aromatic carbocycles. The van der Waals surface area contributed by atoms with Gasteiger partial charge in [-0.3, -0.25) is 18.8 Å². The van der Waals surface area contributed by atoms with Gasteiger partial charge >= 0.3 is 5.69 Å². The summed E-state index contributed by atoms with van der Waals surface area (Å²) in [5, 5.41) is 0. The minimum Gasteiger partial charge on any atom is -0.299 e. The molecule has 1 atom stereocenters. The number of benzene rings is 1. The number of rotatable bonds is 5. The molecule has 24 heavy (non-hydrogen) atoms. The van der Waals surface area contributed by atoms with E-state index in [0.29, 0.717) is 12.5 Å². The van der Waals surface area contributed by atoms with Crippen LogP contribution >= 0.6 is 0 Å². The van der Waals surface area contributed by atoms with Crippen molar-refractivity contribution in [2.24, 2.45) is 20.0 Å². The minimum absolute atomic E-state index is 0.213. The molecule has 0 aliphatic rings. The molecular formula is C19H27N3O2. The lowest BCUT2D eigenvalue weighted by Crippen LogP contribution is -2.40. The van der Waals surface area contributed by atoms with E-state index in [4.69, 9.17) is 0 Å². The summed E-state index contributed by atoms with van der Waals surface area (Å²) in [6, 6.07) is 10.1. The zero-order valence-corrected chi connectivity index (χ0v) is 15.4. The van der Waals surface area contributed by atoms with Crippen molar-refractivity contribution >= 4 is 0 Å². The second-order valence-electron chi connectivity index (χ2n) is 6.84. The van der Waals surface area contributed by atoms with Gasteiger partial charge in [-0.2, -0.15) is 0 Å². The van der Waals surface area contributed by atoms with E-state index < -0.39 is 0 Å². The van der Waals surface area contributed by atoms with Gasteiger partial charge in [0.05, 0.1) is 0 Å². The number of hydrogen-bond donors (Lipinski definition) is 0. The standard InChI is InChI=1S/C19H27N3O2/c1-13(2)18(16-10-8-7-9-14(16)3)20(4)12-15-11-17(23)22(6)19(24)21(15)5/h7-11,13,18H,12H2,1-6H3/t18-/m1/s1. The summed E-state index contributed by atoms with van der Waals surface area (Å²) < 4.78 is 2.68. The fourth-order valence-corrected chi connectivity index (χ4v) is 3.31. The Morgan fingerprint density at radius 1 is 1.08 bits per heavy atom. The molecule has 0 N–H and O–H groups in total. The van der Waals surface area contributed by atoms with Crippen LogP contribution in [0.2, 0.25) is 0 Å². The molecule has 0 aliphatic heterocycles. The first-order valence-corrected chi connectivity index (χ1v) is 8.25. The van der Waals surface area contributed by atoms with Gasteiger partial charge in [-0.25, -0.2) is 4.79 Å². The molecular weight excluding hydrogens is 302 g/mol. The number of aryl methyl sites for hydroxylation is 1. The average molecular weight is 329 g/mol. The van der Waals surface area contributed by atoms with Crippen LogP contribution in [0.3, 0.4) is 0 Å². The molecule has 1 heterocycles. The molecule has 1 aromatic heterocycles. The van der Waals surface area contributed by atoms with Gasteiger partial charge in [0, 0.05) is 38.4 Å². The monoisotopic (exact) mass is 329 g/mol. The van der Waals surface area contributed by atoms with Gasteiger partial charge in [0.2, 0.25) is 0 Å². The lowest BCUT2D eigenvalue weighted by molar-refractivity contribution is 0.181. The summed E-state index contributed by atoms with van der Waals surface area (Å²) >= 11 is 0. The lowest BCUT2D eigenvalue weighted by Gasteiger charge is -2.33. The first-order chi connectivity index (χ1) is 11.2. The van der Waals surface area contributed by atoms with Crippen LogP contribution in [-0.2, 0) is 20.6 Å². The Labute approximate surface area is 143 Å². The van der Waals surface area contributed by atoms with E-state index in [-0.39, 0.29) is 17.3 Å². The minimum atomic E-state index is -0.289. The maximum absolute atomic E-state index is 12.1. The lowest BCUT2D eigenvalue weighted by atomic mass is 9.91. The predicted molar refractivity (Wildman–Crippen MR) is 97.1 cm³/mol. The van der Waals surface area contributed by atoms with Crippen molar-refractivity contribution in [1.82, 2.24) is 14.0 Å². The molecule has 0 amide bonds. The molecule has 0 spiro atoms. The molecule has 0 radical (unpaired) electrons. The van der Waals surface area contributed by atoms with Crippen molar-refractivity contribution in [1.29, 1.82) is 0 Å². The Morgan fingerprint density at radius 2 is 1.71 bits per heavy atom. The molecule has 0 saturated heterocycles. The third-order valence-corrected chi connectivity index (χ3v) is 4.65. The Kier molecular flexibility index (Phi) is 5.44. The normalized spacial score (nSPS) is 12.8. The van der Waals surface area contributed by atoms with Crippen LogP contribution in [0.25, 0.3) is 0 Å². The second-order valence-corrected chi connectivity index (χ2v) is 6.84. The SMILES string of the molecule is Cc1ccccc1[C@@H](C(C)C)N(C)Cc1cc(=O)n(C)c(=O)n1C. The summed E-state index contributed by atoms with van der Waals surface area (Å²) in [6.07, 6.45) is 0. The molecule has 0 fully saturated rings. The second kappa shape index (κ2) is 7.18. The van der Waals surface area contributed by atoms with Crippen molar-refractivity contribution in [3.8, 4) is 0 Å². The van der Waals surface area contributed by atoms with Crippen LogP contribution in [0, 0.1) is 12.8 Å². The maximum atomic E-state index is 12.1. The Bertz CT molecular complexity index is 833. The largest absolute Gasteiger partial charge is 0.330 e. The molecule has 5 heteroatoms. The highest BCUT2D eigenvalue weighted by Crippen LogP contribution is 2.30. The molecule has 5 nitrogen and oxygen atoms in total. The maximum Gasteiger partial charge on any atom is 0.330 e. The summed E-state index contributed by atoms with van der Waals surface area (Å²) in [7, 11) is 5.25. The zero-order valence-electron chi connectivity index (χ0n) is 15.4. The van der Waals surface area contributed by atoms with E-state index in [1.54, 1.807) is 17.7 Å². The third-order valence-electron chi connectivity index (χ3n) is 4.65. The van der Waals surface area contributed by atoms with E-state index in [9.17, 15) is 9.59 Å². The van der Waals surface area contributed by atoms with Gasteiger partial charge in [-0.05, 0) is 31.0 Å². The molecule has 0 bridgehead atoms. The zero-order chi connectivity index (χ0) is 18.0. The number of nitrogens with zero attached hydrogens (tertiary/aromatic N) is 3. The van der Waals surface area contributed by atoms with Gasteiger partial charge < -0.3 is 0 Å². The van der Waals surface area contributed by atoms with Crippen LogP contribution in [0.1, 0.15) is 36.7 Å². The Hall–Kier alpha value is -2.14. The molecule has 0 aliphatic carbocycles. The predicted octanol–water partition coefficient (Wildman–Crippen LogP) is 2.22. The smallest absolute Gasteiger partial charge is 0.299 e. The summed E-state index contributed by atoms with van der Waals surface area (Å²) in [6.45, 7) is 7.04. The number of hydrogen-bond acceptors (Lipinski definition) is 3. The third kappa shape index (κ3) is 3.51. The average Bonchev–Trinajstić information content (AvgIpc) is 2.52. The van der Waals surface area contributed by atoms with Gasteiger partial charge in [0.15, 0.2) is 0 Å². The molecule has 2 aromatic rings. The van der Waals surface area contributed by atoms with Gasteiger partial charge in [-0.15, -0.1) is 0 Å². The van der Waals surface area contributed by atoms with Gasteiger partial charge in [-0.1, -0.05) is 38.1 Å². The van der Waals surface area contributed by atoms with Crippen molar-refractivity contribution in [3.63, 3.8) is 0 Å². The highest BCUT2D eigenvalue weighted by Gasteiger charge is 2.23. The molecule has 0 saturated carbocycles. The van der Waals surface area contributed by atoms with Crippen molar-refractivity contribution < 1.29 is 0 Å². The quantitative estimate of drug-likeness (QED) is 0.845. The molecule has 2 rings (SSSR count). The van der Waals surface area contributed by atoms with Crippen LogP contribution in [0.15, 0.2) is 39.9 Å². The van der Waals surface area contributed by atoms with Crippen LogP contribution in [-0.4, -0.2) is 21.1 Å². The summed E-state index contributed by atoms with van der Waals surface area (Å²) in [4.78, 5) is 26.3. The van der Waals surface area contributed by atoms with E-state index in [1.807, 2.05) is 13.1 Å². The molecule has 130 valence electrons.